The van der Waals surface area contributed by atoms with E-state index in [2.05, 4.69) is 37.3 Å². The molecule has 1 amide bonds. The van der Waals surface area contributed by atoms with Crippen molar-refractivity contribution in [1.82, 2.24) is 4.90 Å². The van der Waals surface area contributed by atoms with Crippen molar-refractivity contribution in [2.45, 2.75) is 89.3 Å². The van der Waals surface area contributed by atoms with Crippen molar-refractivity contribution < 1.29 is 24.1 Å². The molecule has 6 heteroatoms. The summed E-state index contributed by atoms with van der Waals surface area (Å²) in [5, 5.41) is 23.5. The first-order chi connectivity index (χ1) is 21.8. The van der Waals surface area contributed by atoms with Crippen molar-refractivity contribution in [3.05, 3.63) is 77.4 Å². The third kappa shape index (κ3) is 6.64. The van der Waals surface area contributed by atoms with Gasteiger partial charge in [0.1, 0.15) is 11.9 Å². The Morgan fingerprint density at radius 2 is 1.80 bits per heavy atom. The molecule has 0 bridgehead atoms. The second-order valence-corrected chi connectivity index (χ2v) is 14.3. The fraction of sp³-hybridized carbons (Fsp3) is 0.564. The monoisotopic (exact) mass is 615 g/mol. The van der Waals surface area contributed by atoms with Gasteiger partial charge in [-0.2, -0.15) is 0 Å². The van der Waals surface area contributed by atoms with Gasteiger partial charge in [0.2, 0.25) is 5.91 Å². The lowest BCUT2D eigenvalue weighted by Crippen LogP contribution is -2.51. The van der Waals surface area contributed by atoms with Crippen molar-refractivity contribution >= 4 is 16.7 Å². The van der Waals surface area contributed by atoms with Crippen molar-refractivity contribution in [3.8, 4) is 5.75 Å². The highest BCUT2D eigenvalue weighted by Crippen LogP contribution is 2.63. The van der Waals surface area contributed by atoms with Crippen LogP contribution in [0.15, 0.2) is 60.7 Å². The molecule has 2 N–H and O–H groups in total. The number of methoxy groups -OCH3 is 1. The molecule has 3 aromatic rings. The van der Waals surface area contributed by atoms with Crippen molar-refractivity contribution in [2.24, 2.45) is 23.2 Å². The van der Waals surface area contributed by atoms with Crippen molar-refractivity contribution in [1.29, 1.82) is 0 Å². The van der Waals surface area contributed by atoms with E-state index in [4.69, 9.17) is 4.74 Å². The number of ether oxygens (including phenoxy) is 1. The number of rotatable bonds is 12. The van der Waals surface area contributed by atoms with E-state index in [0.29, 0.717) is 37.8 Å². The van der Waals surface area contributed by atoms with Crippen LogP contribution in [-0.4, -0.2) is 60.1 Å². The van der Waals surface area contributed by atoms with E-state index in [9.17, 15) is 15.0 Å². The molecule has 0 saturated heterocycles. The van der Waals surface area contributed by atoms with Crippen LogP contribution in [0.5, 0.6) is 5.75 Å². The average Bonchev–Trinajstić information content (AvgIpc) is 3.32. The van der Waals surface area contributed by atoms with E-state index in [-0.39, 0.29) is 28.9 Å². The maximum atomic E-state index is 16.0. The SMILES string of the molecule is COCCN(CCCCCC[C@@H]1Cc2cc(O)ccc2C2C1C1CC[C@H](O)[C@@]1(C)C[C@@H]2F)C(=O)Cc1ccc2ccccc2c1. The molecule has 2 fully saturated rings. The molecule has 242 valence electrons. The van der Waals surface area contributed by atoms with E-state index in [1.165, 1.54) is 5.39 Å². The first-order valence-electron chi connectivity index (χ1n) is 17.2. The molecule has 3 aromatic carbocycles. The summed E-state index contributed by atoms with van der Waals surface area (Å²) in [6.07, 6.45) is 7.17. The molecule has 0 heterocycles. The molecule has 3 aliphatic rings. The number of amides is 1. The van der Waals surface area contributed by atoms with Gasteiger partial charge >= 0.3 is 0 Å². The number of nitrogens with zero attached hydrogens (tertiary/aromatic N) is 1. The number of hydrogen-bond donors (Lipinski definition) is 2. The van der Waals surface area contributed by atoms with Crippen LogP contribution in [-0.2, 0) is 22.4 Å². The number of benzene rings is 3. The number of hydrogen-bond acceptors (Lipinski definition) is 4. The van der Waals surface area contributed by atoms with Gasteiger partial charge in [0, 0.05) is 26.1 Å². The highest BCUT2D eigenvalue weighted by Gasteiger charge is 2.59. The third-order valence-electron chi connectivity index (χ3n) is 11.6. The Bertz CT molecular complexity index is 1480. The van der Waals surface area contributed by atoms with Gasteiger partial charge in [0.05, 0.1) is 19.1 Å². The lowest BCUT2D eigenvalue weighted by Gasteiger charge is -2.54. The van der Waals surface area contributed by atoms with E-state index in [0.717, 1.165) is 80.0 Å². The quantitative estimate of drug-likeness (QED) is 0.206. The number of fused-ring (bicyclic) bond motifs is 6. The number of carbonyl (C=O) groups is 1. The molecule has 6 rings (SSSR count). The first kappa shape index (κ1) is 32.0. The van der Waals surface area contributed by atoms with Gasteiger partial charge < -0.3 is 19.8 Å². The van der Waals surface area contributed by atoms with E-state index in [1.807, 2.05) is 29.2 Å². The summed E-state index contributed by atoms with van der Waals surface area (Å²) in [6.45, 7) is 3.96. The van der Waals surface area contributed by atoms with Crippen LogP contribution in [0.3, 0.4) is 0 Å². The van der Waals surface area contributed by atoms with E-state index >= 15 is 4.39 Å². The summed E-state index contributed by atoms with van der Waals surface area (Å²) < 4.78 is 21.4. The minimum absolute atomic E-state index is 0.136. The largest absolute Gasteiger partial charge is 0.508 e. The zero-order valence-corrected chi connectivity index (χ0v) is 27.0. The zero-order valence-electron chi connectivity index (χ0n) is 27.0. The molecule has 0 spiro atoms. The molecule has 0 aromatic heterocycles. The summed E-state index contributed by atoms with van der Waals surface area (Å²) in [5.74, 6) is 1.15. The number of carbonyl (C=O) groups excluding carboxylic acids is 1. The van der Waals surface area contributed by atoms with Crippen LogP contribution >= 0.6 is 0 Å². The van der Waals surface area contributed by atoms with Gasteiger partial charge in [0.25, 0.3) is 0 Å². The molecule has 3 unspecified atom stereocenters. The molecular formula is C39H50FNO4. The molecule has 0 aliphatic heterocycles. The predicted octanol–water partition coefficient (Wildman–Crippen LogP) is 7.60. The Balaban J connectivity index is 1.05. The third-order valence-corrected chi connectivity index (χ3v) is 11.6. The first-order valence-corrected chi connectivity index (χ1v) is 17.2. The predicted molar refractivity (Wildman–Crippen MR) is 177 cm³/mol. The van der Waals surface area contributed by atoms with Crippen LogP contribution in [0.4, 0.5) is 4.39 Å². The van der Waals surface area contributed by atoms with Crippen LogP contribution in [0.1, 0.15) is 80.9 Å². The topological polar surface area (TPSA) is 70.0 Å². The number of aliphatic hydroxyl groups excluding tert-OH is 1. The van der Waals surface area contributed by atoms with Crippen molar-refractivity contribution in [3.63, 3.8) is 0 Å². The average molecular weight is 616 g/mol. The summed E-state index contributed by atoms with van der Waals surface area (Å²) in [4.78, 5) is 15.3. The lowest BCUT2D eigenvalue weighted by atomic mass is 9.51. The summed E-state index contributed by atoms with van der Waals surface area (Å²) in [6, 6.07) is 20.0. The molecule has 2 saturated carbocycles. The second-order valence-electron chi connectivity index (χ2n) is 14.3. The maximum absolute atomic E-state index is 16.0. The minimum atomic E-state index is -0.972. The van der Waals surface area contributed by atoms with Gasteiger partial charge in [-0.05, 0) is 101 Å². The Kier molecular flexibility index (Phi) is 9.82. The summed E-state index contributed by atoms with van der Waals surface area (Å²) >= 11 is 0. The maximum Gasteiger partial charge on any atom is 0.227 e. The number of phenols is 1. The minimum Gasteiger partial charge on any atom is -0.508 e. The smallest absolute Gasteiger partial charge is 0.227 e. The number of unbranched alkanes of at least 4 members (excludes halogenated alkanes) is 3. The molecule has 7 atom stereocenters. The van der Waals surface area contributed by atoms with Gasteiger partial charge in [-0.1, -0.05) is 74.7 Å². The van der Waals surface area contributed by atoms with E-state index in [1.54, 1.807) is 13.2 Å². The fourth-order valence-electron chi connectivity index (χ4n) is 9.29. The van der Waals surface area contributed by atoms with E-state index < -0.39 is 12.3 Å². The number of phenolic OH excluding ortho intramolecular Hbond substituents is 1. The molecule has 0 radical (unpaired) electrons. The van der Waals surface area contributed by atoms with Gasteiger partial charge in [-0.25, -0.2) is 4.39 Å². The van der Waals surface area contributed by atoms with Gasteiger partial charge in [-0.3, -0.25) is 4.79 Å². The van der Waals surface area contributed by atoms with Crippen molar-refractivity contribution in [2.75, 3.05) is 26.8 Å². The molecule has 45 heavy (non-hydrogen) atoms. The van der Waals surface area contributed by atoms with Crippen LogP contribution < -0.4 is 0 Å². The number of alkyl halides is 1. The van der Waals surface area contributed by atoms with Gasteiger partial charge in [0.15, 0.2) is 0 Å². The number of halogens is 1. The highest BCUT2D eigenvalue weighted by atomic mass is 19.1. The highest BCUT2D eigenvalue weighted by molar-refractivity contribution is 5.85. The Labute approximate surface area is 267 Å². The normalized spacial score (nSPS) is 28.8. The molecule has 3 aliphatic carbocycles. The summed E-state index contributed by atoms with van der Waals surface area (Å²) in [7, 11) is 1.67. The number of aliphatic hydroxyl groups is 1. The Morgan fingerprint density at radius 3 is 2.62 bits per heavy atom. The number of aromatic hydroxyl groups is 1. The Morgan fingerprint density at radius 1 is 1.00 bits per heavy atom. The standard InChI is InChI=1S/C39H50FNO4/c1-39-25-34(40)38-32-15-14-31(42)24-30(32)23-29(37(38)33(39)16-17-35(39)43)11-5-3-4-8-18-41(19-20-45-2)36(44)22-26-12-13-27-9-6-7-10-28(27)21-26/h6-7,9-10,12-15,21,24,29,33-35,37-38,42-43H,3-5,8,11,16-20,22-23,25H2,1-2H3/t29-,33?,34+,35+,37?,38?,39+/m1/s1. The summed E-state index contributed by atoms with van der Waals surface area (Å²) in [5.41, 5.74) is 2.86. The van der Waals surface area contributed by atoms with Gasteiger partial charge in [-0.15, -0.1) is 0 Å². The fourth-order valence-corrected chi connectivity index (χ4v) is 9.29. The molecule has 5 nitrogen and oxygen atoms in total. The second kappa shape index (κ2) is 13.8. The van der Waals surface area contributed by atoms with Crippen LogP contribution in [0.2, 0.25) is 0 Å². The van der Waals surface area contributed by atoms with Crippen LogP contribution in [0, 0.1) is 23.2 Å². The Hall–Kier alpha value is -2.96. The van der Waals surface area contributed by atoms with Crippen LogP contribution in [0.25, 0.3) is 10.8 Å². The lowest BCUT2D eigenvalue weighted by molar-refractivity contribution is -0.131. The zero-order chi connectivity index (χ0) is 31.6. The molecular weight excluding hydrogens is 565 g/mol.